The molecule has 0 spiro atoms. The zero-order chi connectivity index (χ0) is 16.4. The summed E-state index contributed by atoms with van der Waals surface area (Å²) in [5.74, 6) is 1.75. The van der Waals surface area contributed by atoms with Crippen LogP contribution in [-0.4, -0.2) is 56.6 Å². The van der Waals surface area contributed by atoms with Crippen molar-refractivity contribution in [1.82, 2.24) is 19.7 Å². The Morgan fingerprint density at radius 1 is 1.35 bits per heavy atom. The van der Waals surface area contributed by atoms with Crippen LogP contribution in [0.4, 0.5) is 0 Å². The molecule has 0 saturated carbocycles. The summed E-state index contributed by atoms with van der Waals surface area (Å²) in [6.45, 7) is 5.25. The van der Waals surface area contributed by atoms with Gasteiger partial charge in [0.05, 0.1) is 24.2 Å². The molecule has 0 aromatic carbocycles. The first-order chi connectivity index (χ1) is 11.0. The van der Waals surface area contributed by atoms with Gasteiger partial charge in [0.1, 0.15) is 0 Å². The SMILES string of the molecule is C[C@@H]1CN(C(=O)CSc2nnc(-c3ccco3)n2C)C[C@@H](C)O1. The number of thioether (sulfide) groups is 1. The first kappa shape index (κ1) is 16.1. The van der Waals surface area contributed by atoms with Gasteiger partial charge >= 0.3 is 0 Å². The third kappa shape index (κ3) is 3.59. The number of carbonyl (C=O) groups excluding carboxylic acids is 1. The maximum absolute atomic E-state index is 12.4. The molecule has 124 valence electrons. The highest BCUT2D eigenvalue weighted by molar-refractivity contribution is 7.99. The summed E-state index contributed by atoms with van der Waals surface area (Å²) < 4.78 is 12.8. The standard InChI is InChI=1S/C15H20N4O3S/c1-10-7-19(8-11(2)22-10)13(20)9-23-15-17-16-14(18(15)3)12-5-4-6-21-12/h4-6,10-11H,7-9H2,1-3H3/t10-,11-/m1/s1. The van der Waals surface area contributed by atoms with Crippen molar-refractivity contribution in [2.75, 3.05) is 18.8 Å². The van der Waals surface area contributed by atoms with Crippen LogP contribution in [0.5, 0.6) is 0 Å². The summed E-state index contributed by atoms with van der Waals surface area (Å²) in [5, 5.41) is 8.96. The van der Waals surface area contributed by atoms with Gasteiger partial charge in [-0.15, -0.1) is 10.2 Å². The van der Waals surface area contributed by atoms with Gasteiger partial charge in [0.2, 0.25) is 5.91 Å². The van der Waals surface area contributed by atoms with Crippen LogP contribution in [0.2, 0.25) is 0 Å². The van der Waals surface area contributed by atoms with Crippen LogP contribution in [0.1, 0.15) is 13.8 Å². The zero-order valence-electron chi connectivity index (χ0n) is 13.4. The van der Waals surface area contributed by atoms with E-state index in [0.29, 0.717) is 35.6 Å². The quantitative estimate of drug-likeness (QED) is 0.793. The van der Waals surface area contributed by atoms with Crippen molar-refractivity contribution in [2.45, 2.75) is 31.2 Å². The van der Waals surface area contributed by atoms with E-state index in [0.717, 1.165) is 0 Å². The second-order valence-corrected chi connectivity index (χ2v) is 6.63. The number of rotatable bonds is 4. The molecular formula is C15H20N4O3S. The van der Waals surface area contributed by atoms with E-state index in [-0.39, 0.29) is 18.1 Å². The van der Waals surface area contributed by atoms with E-state index in [1.165, 1.54) is 11.8 Å². The number of carbonyl (C=O) groups is 1. The normalized spacial score (nSPS) is 21.6. The van der Waals surface area contributed by atoms with E-state index >= 15 is 0 Å². The van der Waals surface area contributed by atoms with Crippen molar-refractivity contribution in [1.29, 1.82) is 0 Å². The summed E-state index contributed by atoms with van der Waals surface area (Å²) in [5.41, 5.74) is 0. The summed E-state index contributed by atoms with van der Waals surface area (Å²) in [4.78, 5) is 14.2. The predicted octanol–water partition coefficient (Wildman–Crippen LogP) is 1.80. The Hall–Kier alpha value is -1.80. The van der Waals surface area contributed by atoms with Crippen LogP contribution < -0.4 is 0 Å². The fourth-order valence-electron chi connectivity index (χ4n) is 2.66. The Morgan fingerprint density at radius 2 is 2.09 bits per heavy atom. The molecule has 1 saturated heterocycles. The highest BCUT2D eigenvalue weighted by Gasteiger charge is 2.26. The van der Waals surface area contributed by atoms with Crippen molar-refractivity contribution in [3.05, 3.63) is 18.4 Å². The number of amides is 1. The summed E-state index contributed by atoms with van der Waals surface area (Å²) in [6, 6.07) is 3.64. The van der Waals surface area contributed by atoms with Crippen molar-refractivity contribution >= 4 is 17.7 Å². The maximum Gasteiger partial charge on any atom is 0.233 e. The van der Waals surface area contributed by atoms with Crippen LogP contribution in [-0.2, 0) is 16.6 Å². The smallest absolute Gasteiger partial charge is 0.233 e. The molecule has 8 heteroatoms. The molecule has 0 aliphatic carbocycles. The maximum atomic E-state index is 12.4. The molecule has 0 radical (unpaired) electrons. The lowest BCUT2D eigenvalue weighted by molar-refractivity contribution is -0.140. The first-order valence-electron chi connectivity index (χ1n) is 7.54. The molecule has 3 heterocycles. The van der Waals surface area contributed by atoms with Gasteiger partial charge in [-0.25, -0.2) is 0 Å². The van der Waals surface area contributed by atoms with E-state index < -0.39 is 0 Å². The monoisotopic (exact) mass is 336 g/mol. The van der Waals surface area contributed by atoms with Crippen LogP contribution in [0.3, 0.4) is 0 Å². The average Bonchev–Trinajstić information content (AvgIpc) is 3.13. The Bertz CT molecular complexity index is 660. The molecule has 7 nitrogen and oxygen atoms in total. The van der Waals surface area contributed by atoms with Gasteiger partial charge in [-0.3, -0.25) is 4.79 Å². The largest absolute Gasteiger partial charge is 0.461 e. The lowest BCUT2D eigenvalue weighted by Gasteiger charge is -2.35. The second-order valence-electron chi connectivity index (χ2n) is 5.69. The zero-order valence-corrected chi connectivity index (χ0v) is 14.2. The highest BCUT2D eigenvalue weighted by Crippen LogP contribution is 2.23. The van der Waals surface area contributed by atoms with Gasteiger partial charge in [-0.1, -0.05) is 11.8 Å². The summed E-state index contributed by atoms with van der Waals surface area (Å²) in [6.07, 6.45) is 1.75. The lowest BCUT2D eigenvalue weighted by atomic mass is 10.2. The van der Waals surface area contributed by atoms with Gasteiger partial charge in [-0.05, 0) is 26.0 Å². The van der Waals surface area contributed by atoms with Crippen LogP contribution >= 0.6 is 11.8 Å². The summed E-state index contributed by atoms with van der Waals surface area (Å²) in [7, 11) is 1.86. The minimum Gasteiger partial charge on any atom is -0.461 e. The fraction of sp³-hybridized carbons (Fsp3) is 0.533. The van der Waals surface area contributed by atoms with E-state index in [1.54, 1.807) is 12.3 Å². The molecule has 0 unspecified atom stereocenters. The van der Waals surface area contributed by atoms with E-state index in [9.17, 15) is 4.79 Å². The molecule has 2 aromatic heterocycles. The van der Waals surface area contributed by atoms with E-state index in [1.807, 2.05) is 36.4 Å². The van der Waals surface area contributed by atoms with Gasteiger partial charge in [-0.2, -0.15) is 0 Å². The Kier molecular flexibility index (Phi) is 4.72. The number of hydrogen-bond acceptors (Lipinski definition) is 6. The average molecular weight is 336 g/mol. The van der Waals surface area contributed by atoms with Gasteiger partial charge in [0, 0.05) is 20.1 Å². The molecule has 1 aliphatic heterocycles. The minimum atomic E-state index is 0.0769. The van der Waals surface area contributed by atoms with Crippen molar-refractivity contribution in [2.24, 2.45) is 7.05 Å². The third-order valence-electron chi connectivity index (χ3n) is 3.67. The number of hydrogen-bond donors (Lipinski definition) is 0. The predicted molar refractivity (Wildman–Crippen MR) is 86.0 cm³/mol. The second kappa shape index (κ2) is 6.76. The molecule has 1 amide bonds. The Balaban J connectivity index is 1.61. The highest BCUT2D eigenvalue weighted by atomic mass is 32.2. The molecule has 23 heavy (non-hydrogen) atoms. The molecule has 0 bridgehead atoms. The molecule has 1 aliphatic rings. The molecule has 1 fully saturated rings. The van der Waals surface area contributed by atoms with Crippen LogP contribution in [0.25, 0.3) is 11.6 Å². The Morgan fingerprint density at radius 3 is 2.74 bits per heavy atom. The Labute approximate surface area is 139 Å². The van der Waals surface area contributed by atoms with E-state index in [2.05, 4.69) is 10.2 Å². The topological polar surface area (TPSA) is 73.4 Å². The molecule has 0 N–H and O–H groups in total. The number of furan rings is 1. The minimum absolute atomic E-state index is 0.0769. The number of nitrogens with zero attached hydrogens (tertiary/aromatic N) is 4. The molecule has 2 aromatic rings. The number of ether oxygens (including phenoxy) is 1. The van der Waals surface area contributed by atoms with Crippen molar-refractivity contribution in [3.63, 3.8) is 0 Å². The molecular weight excluding hydrogens is 316 g/mol. The lowest BCUT2D eigenvalue weighted by Crippen LogP contribution is -2.48. The van der Waals surface area contributed by atoms with Crippen molar-refractivity contribution < 1.29 is 13.9 Å². The van der Waals surface area contributed by atoms with Gasteiger partial charge in [0.25, 0.3) is 0 Å². The van der Waals surface area contributed by atoms with Crippen LogP contribution in [0, 0.1) is 0 Å². The molecule has 2 atom stereocenters. The number of aromatic nitrogens is 3. The molecule has 3 rings (SSSR count). The third-order valence-corrected chi connectivity index (χ3v) is 4.68. The summed E-state index contributed by atoms with van der Waals surface area (Å²) >= 11 is 1.39. The van der Waals surface area contributed by atoms with Gasteiger partial charge < -0.3 is 18.6 Å². The van der Waals surface area contributed by atoms with Gasteiger partial charge in [0.15, 0.2) is 16.7 Å². The number of morpholine rings is 1. The first-order valence-corrected chi connectivity index (χ1v) is 8.52. The van der Waals surface area contributed by atoms with Crippen LogP contribution in [0.15, 0.2) is 28.0 Å². The van der Waals surface area contributed by atoms with E-state index in [4.69, 9.17) is 9.15 Å². The van der Waals surface area contributed by atoms with Crippen molar-refractivity contribution in [3.8, 4) is 11.6 Å². The fourth-order valence-corrected chi connectivity index (χ4v) is 3.47.